The molecule has 4 atom stereocenters. The van der Waals surface area contributed by atoms with Crippen molar-refractivity contribution in [1.82, 2.24) is 5.06 Å². The largest absolute Gasteiger partial charge is 0.504 e. The highest BCUT2D eigenvalue weighted by Crippen LogP contribution is 2.57. The summed E-state index contributed by atoms with van der Waals surface area (Å²) in [5.74, 6) is -5.17. The minimum Gasteiger partial charge on any atom is -0.504 e. The molecule has 0 spiro atoms. The molecule has 5 rings (SSSR count). The number of phenolic OH excluding ortho intramolecular Hbond substituents is 1. The molecule has 1 aliphatic heterocycles. The molecule has 3 aliphatic carbocycles. The smallest absolute Gasteiger partial charge is 0.257 e. The van der Waals surface area contributed by atoms with Gasteiger partial charge in [0.2, 0.25) is 0 Å². The summed E-state index contributed by atoms with van der Waals surface area (Å²) in [4.78, 5) is 51.5. The number of Topliss-reactive ketones (excluding diaryl/α,β-unsaturated/α-hetero) is 1. The van der Waals surface area contributed by atoms with Crippen LogP contribution in [0.1, 0.15) is 24.3 Å². The normalized spacial score (nSPS) is 28.9. The van der Waals surface area contributed by atoms with Crippen LogP contribution in [0.5, 0.6) is 11.5 Å². The van der Waals surface area contributed by atoms with Crippen molar-refractivity contribution in [2.45, 2.75) is 18.8 Å². The molecular formula is C23H17Br2NO7. The molecule has 170 valence electrons. The Balaban J connectivity index is 1.76. The fourth-order valence-corrected chi connectivity index (χ4v) is 6.42. The van der Waals surface area contributed by atoms with Crippen LogP contribution in [0.3, 0.4) is 0 Å². The van der Waals surface area contributed by atoms with Crippen LogP contribution in [-0.2, 0) is 19.2 Å². The second kappa shape index (κ2) is 7.75. The minimum atomic E-state index is -0.858. The quantitative estimate of drug-likeness (QED) is 0.239. The van der Waals surface area contributed by atoms with E-state index in [0.29, 0.717) is 15.6 Å². The predicted octanol–water partition coefficient (Wildman–Crippen LogP) is 3.31. The molecule has 0 radical (unpaired) electrons. The number of hydrogen-bond donors (Lipinski definition) is 2. The lowest BCUT2D eigenvalue weighted by Crippen LogP contribution is -2.39. The predicted molar refractivity (Wildman–Crippen MR) is 121 cm³/mol. The molecule has 8 nitrogen and oxygen atoms in total. The van der Waals surface area contributed by atoms with Crippen LogP contribution >= 0.6 is 31.9 Å². The standard InChI is InChI=1S/C23H17Br2NO7/c1-33-16-5-8(24)4-12(21(16)29)17-9-2-3-10-18(23(31)26(32)22(10)30)11(9)6-13-19(17)15(27)7-14(25)20(13)28/h2,4-5,7,10-11,17-18,29,32H,3,6H2,1H3/t10-,11+,17+,18-/m0/s1. The lowest BCUT2D eigenvalue weighted by Gasteiger charge is -2.42. The first-order valence-electron chi connectivity index (χ1n) is 10.2. The topological polar surface area (TPSA) is 121 Å². The first-order valence-corrected chi connectivity index (χ1v) is 11.8. The average Bonchev–Trinajstić information content (AvgIpc) is 3.01. The Bertz CT molecular complexity index is 1260. The number of hydrogen-bond acceptors (Lipinski definition) is 7. The lowest BCUT2D eigenvalue weighted by atomic mass is 9.59. The number of aromatic hydroxyl groups is 1. The summed E-state index contributed by atoms with van der Waals surface area (Å²) in [6.07, 6.45) is 3.28. The van der Waals surface area contributed by atoms with Crippen molar-refractivity contribution in [2.75, 3.05) is 7.11 Å². The highest BCUT2D eigenvalue weighted by atomic mass is 79.9. The van der Waals surface area contributed by atoms with Gasteiger partial charge in [0.1, 0.15) is 0 Å². The zero-order valence-corrected chi connectivity index (χ0v) is 20.3. The third-order valence-corrected chi connectivity index (χ3v) is 7.95. The number of carbonyl (C=O) groups is 4. The number of ether oxygens (including phenoxy) is 1. The fraction of sp³-hybridized carbons (Fsp3) is 0.304. The molecule has 1 fully saturated rings. The number of methoxy groups -OCH3 is 1. The van der Waals surface area contributed by atoms with E-state index in [1.807, 2.05) is 0 Å². The van der Waals surface area contributed by atoms with E-state index >= 15 is 0 Å². The van der Waals surface area contributed by atoms with Gasteiger partial charge in [0.05, 0.1) is 23.4 Å². The Hall–Kier alpha value is -2.56. The zero-order chi connectivity index (χ0) is 23.8. The maximum absolute atomic E-state index is 13.2. The summed E-state index contributed by atoms with van der Waals surface area (Å²) in [5.41, 5.74) is 1.47. The number of allylic oxidation sites excluding steroid dienone is 6. The fourth-order valence-electron chi connectivity index (χ4n) is 5.52. The van der Waals surface area contributed by atoms with E-state index in [0.717, 1.165) is 0 Å². The van der Waals surface area contributed by atoms with Gasteiger partial charge in [0, 0.05) is 33.2 Å². The molecular weight excluding hydrogens is 562 g/mol. The molecule has 0 unspecified atom stereocenters. The number of nitrogens with zero attached hydrogens (tertiary/aromatic N) is 1. The van der Waals surface area contributed by atoms with Crippen LogP contribution in [0.2, 0.25) is 0 Å². The molecule has 2 amide bonds. The molecule has 0 bridgehead atoms. The summed E-state index contributed by atoms with van der Waals surface area (Å²) in [6.45, 7) is 0. The third kappa shape index (κ3) is 3.11. The van der Waals surface area contributed by atoms with E-state index in [1.54, 1.807) is 18.2 Å². The monoisotopic (exact) mass is 577 g/mol. The first kappa shape index (κ1) is 22.2. The lowest BCUT2D eigenvalue weighted by molar-refractivity contribution is -0.173. The molecule has 33 heavy (non-hydrogen) atoms. The highest BCUT2D eigenvalue weighted by molar-refractivity contribution is 9.12. The summed E-state index contributed by atoms with van der Waals surface area (Å²) in [5, 5.41) is 21.1. The molecule has 10 heteroatoms. The Kier molecular flexibility index (Phi) is 5.22. The molecule has 0 aromatic heterocycles. The minimum absolute atomic E-state index is 0.0745. The van der Waals surface area contributed by atoms with Gasteiger partial charge in [-0.15, -0.1) is 0 Å². The summed E-state index contributed by atoms with van der Waals surface area (Å²) in [7, 11) is 1.40. The molecule has 0 saturated carbocycles. The maximum atomic E-state index is 13.2. The van der Waals surface area contributed by atoms with Crippen molar-refractivity contribution in [1.29, 1.82) is 0 Å². The molecule has 1 saturated heterocycles. The van der Waals surface area contributed by atoms with Crippen LogP contribution in [0, 0.1) is 17.8 Å². The van der Waals surface area contributed by atoms with Crippen LogP contribution in [0.15, 0.2) is 50.0 Å². The molecule has 1 aromatic carbocycles. The van der Waals surface area contributed by atoms with E-state index in [1.165, 1.54) is 13.2 Å². The van der Waals surface area contributed by atoms with Crippen LogP contribution < -0.4 is 4.74 Å². The number of rotatable bonds is 2. The van der Waals surface area contributed by atoms with Crippen molar-refractivity contribution in [3.05, 3.63) is 55.5 Å². The number of amides is 2. The molecule has 1 heterocycles. The molecule has 1 aromatic rings. The van der Waals surface area contributed by atoms with Crippen molar-refractivity contribution < 1.29 is 34.2 Å². The Morgan fingerprint density at radius 1 is 1.09 bits per heavy atom. The number of fused-ring (bicyclic) bond motifs is 3. The maximum Gasteiger partial charge on any atom is 0.257 e. The number of carbonyl (C=O) groups excluding carboxylic acids is 4. The van der Waals surface area contributed by atoms with Gasteiger partial charge in [-0.1, -0.05) is 27.6 Å². The van der Waals surface area contributed by atoms with Gasteiger partial charge in [-0.3, -0.25) is 24.4 Å². The van der Waals surface area contributed by atoms with Gasteiger partial charge in [-0.05, 0) is 46.8 Å². The van der Waals surface area contributed by atoms with Crippen LogP contribution in [0.25, 0.3) is 0 Å². The number of phenols is 1. The van der Waals surface area contributed by atoms with Gasteiger partial charge in [-0.2, -0.15) is 5.06 Å². The van der Waals surface area contributed by atoms with Gasteiger partial charge in [0.15, 0.2) is 23.1 Å². The van der Waals surface area contributed by atoms with Gasteiger partial charge in [0.25, 0.3) is 11.8 Å². The van der Waals surface area contributed by atoms with E-state index < -0.39 is 35.5 Å². The van der Waals surface area contributed by atoms with E-state index in [4.69, 9.17) is 4.74 Å². The summed E-state index contributed by atoms with van der Waals surface area (Å²) in [6, 6.07) is 3.22. The Labute approximate surface area is 204 Å². The Morgan fingerprint density at radius 2 is 1.82 bits per heavy atom. The number of halogens is 2. The zero-order valence-electron chi connectivity index (χ0n) is 17.2. The van der Waals surface area contributed by atoms with Crippen molar-refractivity contribution in [3.63, 3.8) is 0 Å². The highest BCUT2D eigenvalue weighted by Gasteiger charge is 2.56. The van der Waals surface area contributed by atoms with E-state index in [9.17, 15) is 29.5 Å². The van der Waals surface area contributed by atoms with Gasteiger partial charge in [-0.25, -0.2) is 0 Å². The Morgan fingerprint density at radius 3 is 2.52 bits per heavy atom. The first-order chi connectivity index (χ1) is 15.6. The number of imide groups is 1. The van der Waals surface area contributed by atoms with Crippen molar-refractivity contribution in [3.8, 4) is 11.5 Å². The van der Waals surface area contributed by atoms with E-state index in [-0.39, 0.29) is 56.6 Å². The second-order valence-corrected chi connectivity index (χ2v) is 10.2. The van der Waals surface area contributed by atoms with Crippen LogP contribution in [-0.4, -0.2) is 45.9 Å². The van der Waals surface area contributed by atoms with Crippen LogP contribution in [0.4, 0.5) is 0 Å². The summed E-state index contributed by atoms with van der Waals surface area (Å²) < 4.78 is 5.98. The van der Waals surface area contributed by atoms with Gasteiger partial charge >= 0.3 is 0 Å². The SMILES string of the molecule is COc1cc(Br)cc([C@H]2C3=CC[C@@H]4C(=O)N(O)C(=O)[C@@H]4[C@@H]3CC3=C2C(=O)C=C(Br)C3=O)c1O. The number of benzene rings is 1. The summed E-state index contributed by atoms with van der Waals surface area (Å²) >= 11 is 6.55. The number of ketones is 2. The molecule has 2 N–H and O–H groups in total. The van der Waals surface area contributed by atoms with Crippen molar-refractivity contribution in [2.24, 2.45) is 17.8 Å². The van der Waals surface area contributed by atoms with Gasteiger partial charge < -0.3 is 9.84 Å². The average molecular weight is 579 g/mol. The second-order valence-electron chi connectivity index (χ2n) is 8.43. The van der Waals surface area contributed by atoms with E-state index in [2.05, 4.69) is 31.9 Å². The molecule has 4 aliphatic rings. The van der Waals surface area contributed by atoms with Crippen molar-refractivity contribution >= 4 is 55.2 Å². The number of hydroxylamine groups is 2. The third-order valence-electron chi connectivity index (χ3n) is 6.91.